The maximum absolute atomic E-state index is 12.0. The van der Waals surface area contributed by atoms with Gasteiger partial charge in [-0.3, -0.25) is 10.1 Å². The Morgan fingerprint density at radius 1 is 1.38 bits per heavy atom. The van der Waals surface area contributed by atoms with Gasteiger partial charge in [0.2, 0.25) is 0 Å². The standard InChI is InChI=1S/C14H21N3O4/c1-4-14(5-2,9-18)16-13(19)15-11-7-6-8-12(10(11)3)17(20)21/h6-8,18H,4-5,9H2,1-3H3,(H2,15,16,19). The number of rotatable bonds is 6. The van der Waals surface area contributed by atoms with E-state index < -0.39 is 16.5 Å². The number of hydrogen-bond acceptors (Lipinski definition) is 4. The Labute approximate surface area is 123 Å². The number of aliphatic hydroxyl groups excluding tert-OH is 1. The predicted molar refractivity (Wildman–Crippen MR) is 80.4 cm³/mol. The normalized spacial score (nSPS) is 11.0. The summed E-state index contributed by atoms with van der Waals surface area (Å²) in [6, 6.07) is 4.01. The summed E-state index contributed by atoms with van der Waals surface area (Å²) < 4.78 is 0. The zero-order chi connectivity index (χ0) is 16.0. The molecule has 1 aromatic carbocycles. The van der Waals surface area contributed by atoms with Gasteiger partial charge in [-0.1, -0.05) is 19.9 Å². The Balaban J connectivity index is 2.89. The van der Waals surface area contributed by atoms with Crippen LogP contribution in [0.2, 0.25) is 0 Å². The molecule has 0 aliphatic heterocycles. The number of anilines is 1. The number of benzene rings is 1. The molecule has 0 bridgehead atoms. The van der Waals surface area contributed by atoms with Crippen molar-refractivity contribution in [3.63, 3.8) is 0 Å². The number of aliphatic hydroxyl groups is 1. The third-order valence-electron chi connectivity index (χ3n) is 3.79. The second-order valence-corrected chi connectivity index (χ2v) is 4.93. The van der Waals surface area contributed by atoms with Gasteiger partial charge in [-0.25, -0.2) is 4.79 Å². The molecule has 0 atom stereocenters. The van der Waals surface area contributed by atoms with Gasteiger partial charge in [0.25, 0.3) is 5.69 Å². The number of amides is 2. The summed E-state index contributed by atoms with van der Waals surface area (Å²) in [5.41, 5.74) is 0.0341. The third-order valence-corrected chi connectivity index (χ3v) is 3.79. The Morgan fingerprint density at radius 3 is 2.48 bits per heavy atom. The Morgan fingerprint density at radius 2 is 2.00 bits per heavy atom. The van der Waals surface area contributed by atoms with Crippen LogP contribution >= 0.6 is 0 Å². The summed E-state index contributed by atoms with van der Waals surface area (Å²) in [4.78, 5) is 22.4. The summed E-state index contributed by atoms with van der Waals surface area (Å²) in [6.07, 6.45) is 1.17. The summed E-state index contributed by atoms with van der Waals surface area (Å²) in [7, 11) is 0. The first-order chi connectivity index (χ1) is 9.89. The van der Waals surface area contributed by atoms with Crippen LogP contribution in [0.3, 0.4) is 0 Å². The number of carbonyl (C=O) groups excluding carboxylic acids is 1. The lowest BCUT2D eigenvalue weighted by atomic mass is 9.94. The molecule has 0 radical (unpaired) electrons. The van der Waals surface area contributed by atoms with Crippen LogP contribution in [0.15, 0.2) is 18.2 Å². The molecule has 0 aromatic heterocycles. The molecule has 0 saturated heterocycles. The molecule has 0 heterocycles. The van der Waals surface area contributed by atoms with Gasteiger partial charge in [-0.05, 0) is 25.8 Å². The number of hydrogen-bond donors (Lipinski definition) is 3. The molecule has 0 spiro atoms. The average molecular weight is 295 g/mol. The van der Waals surface area contributed by atoms with Crippen molar-refractivity contribution in [2.75, 3.05) is 11.9 Å². The predicted octanol–water partition coefficient (Wildman–Crippen LogP) is 2.58. The van der Waals surface area contributed by atoms with Gasteiger partial charge >= 0.3 is 6.03 Å². The molecule has 1 aromatic rings. The van der Waals surface area contributed by atoms with E-state index in [1.165, 1.54) is 12.1 Å². The molecule has 3 N–H and O–H groups in total. The van der Waals surface area contributed by atoms with Gasteiger partial charge in [0.15, 0.2) is 0 Å². The van der Waals surface area contributed by atoms with E-state index in [1.807, 2.05) is 13.8 Å². The largest absolute Gasteiger partial charge is 0.394 e. The summed E-state index contributed by atoms with van der Waals surface area (Å²) >= 11 is 0. The van der Waals surface area contributed by atoms with Gasteiger partial charge < -0.3 is 15.7 Å². The monoisotopic (exact) mass is 295 g/mol. The molecule has 0 aliphatic rings. The quantitative estimate of drug-likeness (QED) is 0.554. The second kappa shape index (κ2) is 7.03. The van der Waals surface area contributed by atoms with Crippen LogP contribution in [0.5, 0.6) is 0 Å². The minimum atomic E-state index is -0.682. The number of nitrogens with one attached hydrogen (secondary N) is 2. The van der Waals surface area contributed by atoms with Crippen LogP contribution in [0.25, 0.3) is 0 Å². The highest BCUT2D eigenvalue weighted by Gasteiger charge is 2.27. The highest BCUT2D eigenvalue weighted by molar-refractivity contribution is 5.91. The molecule has 0 aliphatic carbocycles. The molecule has 0 unspecified atom stereocenters. The van der Waals surface area contributed by atoms with Crippen LogP contribution in [0.1, 0.15) is 32.3 Å². The number of nitro groups is 1. The van der Waals surface area contributed by atoms with Crippen molar-refractivity contribution in [3.8, 4) is 0 Å². The Hall–Kier alpha value is -2.15. The maximum atomic E-state index is 12.0. The topological polar surface area (TPSA) is 104 Å². The van der Waals surface area contributed by atoms with Crippen molar-refractivity contribution in [1.29, 1.82) is 0 Å². The number of urea groups is 1. The van der Waals surface area contributed by atoms with E-state index in [0.29, 0.717) is 24.1 Å². The number of nitro benzene ring substituents is 1. The summed E-state index contributed by atoms with van der Waals surface area (Å²) in [5, 5.41) is 25.6. The van der Waals surface area contributed by atoms with E-state index in [1.54, 1.807) is 13.0 Å². The van der Waals surface area contributed by atoms with Gasteiger partial charge in [-0.2, -0.15) is 0 Å². The van der Waals surface area contributed by atoms with Crippen molar-refractivity contribution < 1.29 is 14.8 Å². The van der Waals surface area contributed by atoms with E-state index in [-0.39, 0.29) is 12.3 Å². The fourth-order valence-electron chi connectivity index (χ4n) is 2.04. The van der Waals surface area contributed by atoms with Crippen molar-refractivity contribution in [1.82, 2.24) is 5.32 Å². The van der Waals surface area contributed by atoms with E-state index in [4.69, 9.17) is 0 Å². The van der Waals surface area contributed by atoms with E-state index >= 15 is 0 Å². The first kappa shape index (κ1) is 16.9. The SMILES string of the molecule is CCC(CC)(CO)NC(=O)Nc1cccc([N+](=O)[O-])c1C. The van der Waals surface area contributed by atoms with Gasteiger partial charge in [0.1, 0.15) is 0 Å². The lowest BCUT2D eigenvalue weighted by Gasteiger charge is -2.30. The third kappa shape index (κ3) is 3.91. The lowest BCUT2D eigenvalue weighted by Crippen LogP contribution is -2.52. The van der Waals surface area contributed by atoms with Crippen LogP contribution in [0.4, 0.5) is 16.2 Å². The van der Waals surface area contributed by atoms with Crippen molar-refractivity contribution >= 4 is 17.4 Å². The smallest absolute Gasteiger partial charge is 0.319 e. The van der Waals surface area contributed by atoms with E-state index in [2.05, 4.69) is 10.6 Å². The van der Waals surface area contributed by atoms with Crippen LogP contribution in [-0.2, 0) is 0 Å². The Bertz CT molecular complexity index is 519. The first-order valence-electron chi connectivity index (χ1n) is 6.83. The molecule has 2 amide bonds. The van der Waals surface area contributed by atoms with Crippen LogP contribution < -0.4 is 10.6 Å². The van der Waals surface area contributed by atoms with E-state index in [9.17, 15) is 20.0 Å². The maximum Gasteiger partial charge on any atom is 0.319 e. The number of nitrogens with zero attached hydrogens (tertiary/aromatic N) is 1. The fraction of sp³-hybridized carbons (Fsp3) is 0.500. The minimum absolute atomic E-state index is 0.0489. The minimum Gasteiger partial charge on any atom is -0.394 e. The molecular weight excluding hydrogens is 274 g/mol. The fourth-order valence-corrected chi connectivity index (χ4v) is 2.04. The highest BCUT2D eigenvalue weighted by Crippen LogP contribution is 2.25. The van der Waals surface area contributed by atoms with Crippen LogP contribution in [0, 0.1) is 17.0 Å². The van der Waals surface area contributed by atoms with Gasteiger partial charge in [-0.15, -0.1) is 0 Å². The average Bonchev–Trinajstić information content (AvgIpc) is 2.47. The molecule has 0 saturated carbocycles. The van der Waals surface area contributed by atoms with Crippen molar-refractivity contribution in [2.45, 2.75) is 39.2 Å². The molecular formula is C14H21N3O4. The molecule has 116 valence electrons. The number of carbonyl (C=O) groups is 1. The van der Waals surface area contributed by atoms with Crippen LogP contribution in [-0.4, -0.2) is 28.2 Å². The highest BCUT2D eigenvalue weighted by atomic mass is 16.6. The second-order valence-electron chi connectivity index (χ2n) is 4.93. The van der Waals surface area contributed by atoms with Crippen molar-refractivity contribution in [2.24, 2.45) is 0 Å². The zero-order valence-electron chi connectivity index (χ0n) is 12.5. The lowest BCUT2D eigenvalue weighted by molar-refractivity contribution is -0.385. The molecule has 7 heteroatoms. The summed E-state index contributed by atoms with van der Waals surface area (Å²) in [6.45, 7) is 5.16. The van der Waals surface area contributed by atoms with Gasteiger partial charge in [0, 0.05) is 6.07 Å². The van der Waals surface area contributed by atoms with Crippen molar-refractivity contribution in [3.05, 3.63) is 33.9 Å². The molecule has 0 fully saturated rings. The first-order valence-corrected chi connectivity index (χ1v) is 6.83. The molecule has 7 nitrogen and oxygen atoms in total. The molecule has 1 rings (SSSR count). The van der Waals surface area contributed by atoms with E-state index in [0.717, 1.165) is 0 Å². The molecule has 21 heavy (non-hydrogen) atoms. The summed E-state index contributed by atoms with van der Waals surface area (Å²) in [5.74, 6) is 0. The Kier molecular flexibility index (Phi) is 5.66. The zero-order valence-corrected chi connectivity index (χ0v) is 12.5. The van der Waals surface area contributed by atoms with Gasteiger partial charge in [0.05, 0.1) is 28.3 Å².